The topological polar surface area (TPSA) is 94.1 Å². The fourth-order valence-electron chi connectivity index (χ4n) is 4.76. The van der Waals surface area contributed by atoms with Gasteiger partial charge in [-0.1, -0.05) is 11.2 Å². The number of fused-ring (bicyclic) bond motifs is 2. The second kappa shape index (κ2) is 8.85. The van der Waals surface area contributed by atoms with E-state index < -0.39 is 30.5 Å². The smallest absolute Gasteiger partial charge is 0.416 e. The molecule has 1 N–H and O–H groups in total. The molecule has 1 aliphatic carbocycles. The van der Waals surface area contributed by atoms with Crippen molar-refractivity contribution in [1.29, 1.82) is 0 Å². The summed E-state index contributed by atoms with van der Waals surface area (Å²) < 4.78 is 89.6. The van der Waals surface area contributed by atoms with Gasteiger partial charge in [0.15, 0.2) is 5.82 Å². The summed E-state index contributed by atoms with van der Waals surface area (Å²) in [6, 6.07) is 3.55. The fraction of sp³-hybridized carbons (Fsp3) is 0.524. The van der Waals surface area contributed by atoms with Crippen molar-refractivity contribution >= 4 is 12.0 Å². The first-order valence-corrected chi connectivity index (χ1v) is 11.1. The molecule has 194 valence electrons. The minimum absolute atomic E-state index is 0.0924. The molecule has 1 saturated carbocycles. The van der Waals surface area contributed by atoms with Crippen molar-refractivity contribution in [2.45, 2.75) is 44.7 Å². The van der Waals surface area contributed by atoms with Gasteiger partial charge in [0.25, 0.3) is 0 Å². The van der Waals surface area contributed by atoms with Gasteiger partial charge in [0.1, 0.15) is 12.3 Å². The van der Waals surface area contributed by atoms with Gasteiger partial charge in [-0.15, -0.1) is 5.10 Å². The maximum Gasteiger partial charge on any atom is 0.416 e. The normalized spacial score (nSPS) is 22.2. The van der Waals surface area contributed by atoms with E-state index in [1.807, 2.05) is 4.90 Å². The maximum absolute atomic E-state index is 13.1. The van der Waals surface area contributed by atoms with Crippen LogP contribution in [0, 0.1) is 18.8 Å². The summed E-state index contributed by atoms with van der Waals surface area (Å²) in [6.07, 6.45) is -7.53. The summed E-state index contributed by atoms with van der Waals surface area (Å²) in [6.45, 7) is 1.41. The van der Waals surface area contributed by atoms with Gasteiger partial charge in [-0.25, -0.2) is 4.68 Å². The standard InChI is InChI=1S/C21H21F6N7O2/c1-11-28-18(36-32-11)33-8-12-5-6-13(9-33)16(12)29-17-30-19(34(31-17)10-20(22,23)24)35-15-4-2-3-14(7-15)21(25,26)27/h2-4,7,12-13,16H,5-6,8-10H2,1H3,(H,29,31)/t12-,13+,16-. The third kappa shape index (κ3) is 5.18. The van der Waals surface area contributed by atoms with Crippen molar-refractivity contribution < 1.29 is 35.6 Å². The third-order valence-corrected chi connectivity index (χ3v) is 6.25. The van der Waals surface area contributed by atoms with Crippen LogP contribution in [0.15, 0.2) is 28.8 Å². The van der Waals surface area contributed by atoms with E-state index in [1.54, 1.807) is 6.92 Å². The molecule has 0 unspecified atom stereocenters. The van der Waals surface area contributed by atoms with Crippen LogP contribution < -0.4 is 15.0 Å². The Labute approximate surface area is 200 Å². The predicted octanol–water partition coefficient (Wildman–Crippen LogP) is 4.67. The second-order valence-electron chi connectivity index (χ2n) is 8.92. The van der Waals surface area contributed by atoms with Crippen LogP contribution in [0.4, 0.5) is 38.3 Å². The molecule has 1 aromatic carbocycles. The second-order valence-corrected chi connectivity index (χ2v) is 8.92. The number of nitrogens with zero attached hydrogens (tertiary/aromatic N) is 6. The van der Waals surface area contributed by atoms with Crippen molar-refractivity contribution in [1.82, 2.24) is 24.9 Å². The lowest BCUT2D eigenvalue weighted by Crippen LogP contribution is -2.48. The van der Waals surface area contributed by atoms with E-state index in [4.69, 9.17) is 9.26 Å². The van der Waals surface area contributed by atoms with Gasteiger partial charge in [0.05, 0.1) is 5.56 Å². The van der Waals surface area contributed by atoms with E-state index in [2.05, 4.69) is 25.5 Å². The van der Waals surface area contributed by atoms with Crippen LogP contribution in [0.3, 0.4) is 0 Å². The summed E-state index contributed by atoms with van der Waals surface area (Å²) in [5.41, 5.74) is -1.000. The molecule has 2 fully saturated rings. The molecule has 5 rings (SSSR count). The quantitative estimate of drug-likeness (QED) is 0.472. The largest absolute Gasteiger partial charge is 0.424 e. The first kappa shape index (κ1) is 24.2. The zero-order valence-electron chi connectivity index (χ0n) is 18.8. The summed E-state index contributed by atoms with van der Waals surface area (Å²) in [5, 5.41) is 10.8. The summed E-state index contributed by atoms with van der Waals surface area (Å²) in [7, 11) is 0. The van der Waals surface area contributed by atoms with Crippen LogP contribution >= 0.6 is 0 Å². The zero-order valence-corrected chi connectivity index (χ0v) is 18.8. The predicted molar refractivity (Wildman–Crippen MR) is 112 cm³/mol. The molecule has 3 aromatic rings. The van der Waals surface area contributed by atoms with E-state index in [0.717, 1.165) is 25.0 Å². The summed E-state index contributed by atoms with van der Waals surface area (Å²) in [5.74, 6) is 0.364. The van der Waals surface area contributed by atoms with Crippen LogP contribution in [0.25, 0.3) is 0 Å². The number of halogens is 6. The molecular weight excluding hydrogens is 496 g/mol. The highest BCUT2D eigenvalue weighted by molar-refractivity contribution is 5.36. The van der Waals surface area contributed by atoms with E-state index in [-0.39, 0.29) is 29.6 Å². The summed E-state index contributed by atoms with van der Waals surface area (Å²) >= 11 is 0. The number of aromatic nitrogens is 5. The van der Waals surface area contributed by atoms with Crippen LogP contribution in [-0.2, 0) is 12.7 Å². The molecule has 36 heavy (non-hydrogen) atoms. The minimum atomic E-state index is -4.65. The lowest BCUT2D eigenvalue weighted by molar-refractivity contribution is -0.143. The molecule has 3 heterocycles. The number of anilines is 2. The van der Waals surface area contributed by atoms with E-state index in [9.17, 15) is 26.3 Å². The van der Waals surface area contributed by atoms with Crippen molar-refractivity contribution in [3.8, 4) is 11.8 Å². The molecule has 2 aromatic heterocycles. The maximum atomic E-state index is 13.1. The third-order valence-electron chi connectivity index (χ3n) is 6.25. The summed E-state index contributed by atoms with van der Waals surface area (Å²) in [4.78, 5) is 10.3. The van der Waals surface area contributed by atoms with Gasteiger partial charge in [-0.05, 0) is 49.8 Å². The van der Waals surface area contributed by atoms with Crippen LogP contribution in [-0.4, -0.2) is 50.2 Å². The van der Waals surface area contributed by atoms with Gasteiger partial charge in [0.2, 0.25) is 5.95 Å². The van der Waals surface area contributed by atoms with E-state index in [0.29, 0.717) is 35.7 Å². The SMILES string of the molecule is Cc1noc(N2C[C@H]3CC[C@@H](C2)[C@@H]3Nc2nc(Oc3cccc(C(F)(F)F)c3)n(CC(F)(F)F)n2)n1. The number of benzene rings is 1. The molecule has 0 spiro atoms. The van der Waals surface area contributed by atoms with Crippen molar-refractivity contribution in [2.75, 3.05) is 23.3 Å². The molecule has 0 radical (unpaired) electrons. The number of hydrogen-bond donors (Lipinski definition) is 1. The Morgan fingerprint density at radius 3 is 2.42 bits per heavy atom. The van der Waals surface area contributed by atoms with Gasteiger partial charge >= 0.3 is 24.4 Å². The van der Waals surface area contributed by atoms with Gasteiger partial charge in [0, 0.05) is 19.1 Å². The highest BCUT2D eigenvalue weighted by atomic mass is 19.4. The highest BCUT2D eigenvalue weighted by Crippen LogP contribution is 2.40. The van der Waals surface area contributed by atoms with E-state index >= 15 is 0 Å². The number of ether oxygens (including phenoxy) is 1. The average molecular weight is 517 g/mol. The number of piperidine rings is 1. The lowest BCUT2D eigenvalue weighted by Gasteiger charge is -2.37. The van der Waals surface area contributed by atoms with Crippen molar-refractivity contribution in [3.05, 3.63) is 35.7 Å². The van der Waals surface area contributed by atoms with Gasteiger partial charge < -0.3 is 19.5 Å². The van der Waals surface area contributed by atoms with E-state index in [1.165, 1.54) is 6.07 Å². The molecule has 0 amide bonds. The first-order chi connectivity index (χ1) is 16.9. The molecule has 15 heteroatoms. The number of rotatable bonds is 6. The average Bonchev–Trinajstić information content (AvgIpc) is 3.43. The number of aryl methyl sites for hydroxylation is 1. The zero-order chi connectivity index (χ0) is 25.7. The Bertz CT molecular complexity index is 1210. The number of nitrogens with one attached hydrogen (secondary N) is 1. The molecular formula is C21H21F6N7O2. The number of hydrogen-bond acceptors (Lipinski definition) is 8. The van der Waals surface area contributed by atoms with Crippen molar-refractivity contribution in [3.63, 3.8) is 0 Å². The Morgan fingerprint density at radius 1 is 1.08 bits per heavy atom. The highest BCUT2D eigenvalue weighted by Gasteiger charge is 2.44. The Balaban J connectivity index is 1.35. The Hall–Kier alpha value is -3.52. The van der Waals surface area contributed by atoms with Crippen molar-refractivity contribution in [2.24, 2.45) is 11.8 Å². The van der Waals surface area contributed by atoms with Crippen LogP contribution in [0.2, 0.25) is 0 Å². The molecule has 3 atom stereocenters. The first-order valence-electron chi connectivity index (χ1n) is 11.1. The van der Waals surface area contributed by atoms with Crippen LogP contribution in [0.5, 0.6) is 11.8 Å². The Kier molecular flexibility index (Phi) is 5.95. The Morgan fingerprint density at radius 2 is 1.81 bits per heavy atom. The molecule has 9 nitrogen and oxygen atoms in total. The molecule has 2 aliphatic rings. The van der Waals surface area contributed by atoms with Gasteiger partial charge in [-0.2, -0.15) is 36.3 Å². The molecule has 1 saturated heterocycles. The molecule has 1 aliphatic heterocycles. The fourth-order valence-corrected chi connectivity index (χ4v) is 4.76. The van der Waals surface area contributed by atoms with Gasteiger partial charge in [-0.3, -0.25) is 0 Å². The minimum Gasteiger partial charge on any atom is -0.424 e. The lowest BCUT2D eigenvalue weighted by atomic mass is 9.92. The molecule has 2 bridgehead atoms. The van der Waals surface area contributed by atoms with Crippen LogP contribution in [0.1, 0.15) is 24.2 Å². The monoisotopic (exact) mass is 517 g/mol. The number of alkyl halides is 6.